The van der Waals surface area contributed by atoms with E-state index in [1.807, 2.05) is 5.38 Å². The van der Waals surface area contributed by atoms with Crippen molar-refractivity contribution in [3.8, 4) is 5.75 Å². The third-order valence-corrected chi connectivity index (χ3v) is 7.32. The van der Waals surface area contributed by atoms with Crippen LogP contribution in [0.25, 0.3) is 0 Å². The van der Waals surface area contributed by atoms with Gasteiger partial charge in [0.1, 0.15) is 11.0 Å². The summed E-state index contributed by atoms with van der Waals surface area (Å²) in [6.07, 6.45) is 0. The molecule has 27 heavy (non-hydrogen) atoms. The maximum atomic E-state index is 13.1. The van der Waals surface area contributed by atoms with Gasteiger partial charge in [0.05, 0.1) is 12.0 Å². The fourth-order valence-electron chi connectivity index (χ4n) is 2.66. The fraction of sp³-hybridized carbons (Fsp3) is 0.150. The zero-order chi connectivity index (χ0) is 19.3. The van der Waals surface area contributed by atoms with E-state index in [1.54, 1.807) is 66.7 Å². The lowest BCUT2D eigenvalue weighted by molar-refractivity contribution is 0.0953. The summed E-state index contributed by atoms with van der Waals surface area (Å²) in [7, 11) is -2.12. The van der Waals surface area contributed by atoms with E-state index in [4.69, 9.17) is 4.74 Å². The first-order valence-corrected chi connectivity index (χ1v) is 10.7. The SMILES string of the molecule is COc1cccc(C(=O)NC[C@H](c2cccs2)S(=O)(=O)c2ccccc2)c1. The second kappa shape index (κ2) is 8.37. The van der Waals surface area contributed by atoms with E-state index in [2.05, 4.69) is 5.32 Å². The van der Waals surface area contributed by atoms with Crippen LogP contribution >= 0.6 is 11.3 Å². The largest absolute Gasteiger partial charge is 0.497 e. The number of carbonyl (C=O) groups is 1. The third kappa shape index (κ3) is 4.37. The molecular weight excluding hydrogens is 382 g/mol. The number of ether oxygens (including phenoxy) is 1. The minimum absolute atomic E-state index is 0.0201. The zero-order valence-corrected chi connectivity index (χ0v) is 16.3. The van der Waals surface area contributed by atoms with E-state index in [1.165, 1.54) is 18.4 Å². The Bertz CT molecular complexity index is 999. The smallest absolute Gasteiger partial charge is 0.251 e. The van der Waals surface area contributed by atoms with Gasteiger partial charge in [0.2, 0.25) is 0 Å². The Balaban J connectivity index is 1.84. The van der Waals surface area contributed by atoms with Crippen molar-refractivity contribution in [3.05, 3.63) is 82.6 Å². The number of amides is 1. The van der Waals surface area contributed by atoms with Gasteiger partial charge in [-0.25, -0.2) is 8.42 Å². The van der Waals surface area contributed by atoms with E-state index in [-0.39, 0.29) is 17.3 Å². The Morgan fingerprint density at radius 3 is 2.52 bits per heavy atom. The summed E-state index contributed by atoms with van der Waals surface area (Å²) in [6.45, 7) is -0.0201. The van der Waals surface area contributed by atoms with Crippen molar-refractivity contribution in [2.24, 2.45) is 0 Å². The molecular formula is C20H19NO4S2. The molecule has 3 aromatic rings. The second-order valence-corrected chi connectivity index (χ2v) is 8.91. The van der Waals surface area contributed by atoms with Crippen LogP contribution in [-0.2, 0) is 9.84 Å². The Morgan fingerprint density at radius 1 is 1.07 bits per heavy atom. The molecule has 3 rings (SSSR count). The van der Waals surface area contributed by atoms with E-state index >= 15 is 0 Å². The van der Waals surface area contributed by atoms with Crippen molar-refractivity contribution >= 4 is 27.1 Å². The average molecular weight is 402 g/mol. The molecule has 0 radical (unpaired) electrons. The monoisotopic (exact) mass is 401 g/mol. The molecule has 0 spiro atoms. The number of benzene rings is 2. The highest BCUT2D eigenvalue weighted by atomic mass is 32.2. The molecule has 1 N–H and O–H groups in total. The first-order chi connectivity index (χ1) is 13.0. The molecule has 0 aliphatic rings. The molecule has 0 unspecified atom stereocenters. The molecule has 1 aromatic heterocycles. The van der Waals surface area contributed by atoms with Gasteiger partial charge in [-0.05, 0) is 41.8 Å². The van der Waals surface area contributed by atoms with E-state index < -0.39 is 15.1 Å². The van der Waals surface area contributed by atoms with Crippen molar-refractivity contribution < 1.29 is 17.9 Å². The predicted octanol–water partition coefficient (Wildman–Crippen LogP) is 3.70. The number of thiophene rings is 1. The van der Waals surface area contributed by atoms with Gasteiger partial charge < -0.3 is 10.1 Å². The standard InChI is InChI=1S/C20H19NO4S2/c1-25-16-8-5-7-15(13-16)20(22)21-14-19(18-11-6-12-26-18)27(23,24)17-9-3-2-4-10-17/h2-13,19H,14H2,1H3,(H,21,22)/t19-/m1/s1. The Kier molecular flexibility index (Phi) is 5.93. The number of methoxy groups -OCH3 is 1. The number of sulfone groups is 1. The van der Waals surface area contributed by atoms with Crippen molar-refractivity contribution in [2.45, 2.75) is 10.1 Å². The zero-order valence-electron chi connectivity index (χ0n) is 14.7. The molecule has 5 nitrogen and oxygen atoms in total. The van der Waals surface area contributed by atoms with Gasteiger partial charge in [-0.2, -0.15) is 0 Å². The predicted molar refractivity (Wildman–Crippen MR) is 106 cm³/mol. The fourth-order valence-corrected chi connectivity index (χ4v) is 5.47. The topological polar surface area (TPSA) is 72.5 Å². The van der Waals surface area contributed by atoms with Crippen LogP contribution in [0.4, 0.5) is 0 Å². The summed E-state index contributed by atoms with van der Waals surface area (Å²) in [5.41, 5.74) is 0.413. The molecule has 7 heteroatoms. The lowest BCUT2D eigenvalue weighted by Crippen LogP contribution is -2.31. The van der Waals surface area contributed by atoms with Crippen LogP contribution < -0.4 is 10.1 Å². The highest BCUT2D eigenvalue weighted by molar-refractivity contribution is 7.91. The molecule has 0 aliphatic carbocycles. The lowest BCUT2D eigenvalue weighted by Gasteiger charge is -2.17. The van der Waals surface area contributed by atoms with Gasteiger partial charge in [0, 0.05) is 17.0 Å². The molecule has 1 amide bonds. The maximum Gasteiger partial charge on any atom is 0.251 e. The summed E-state index contributed by atoms with van der Waals surface area (Å²) < 4.78 is 31.4. The van der Waals surface area contributed by atoms with Gasteiger partial charge in [0.25, 0.3) is 5.91 Å². The van der Waals surface area contributed by atoms with Crippen LogP contribution in [0.5, 0.6) is 5.75 Å². The highest BCUT2D eigenvalue weighted by Gasteiger charge is 2.30. The van der Waals surface area contributed by atoms with Crippen LogP contribution in [0.3, 0.4) is 0 Å². The Labute approximate surface area is 162 Å². The van der Waals surface area contributed by atoms with Crippen LogP contribution in [-0.4, -0.2) is 28.0 Å². The number of hydrogen-bond acceptors (Lipinski definition) is 5. The van der Waals surface area contributed by atoms with Gasteiger partial charge in [-0.1, -0.05) is 30.3 Å². The molecule has 0 saturated carbocycles. The molecule has 2 aromatic carbocycles. The summed E-state index contributed by atoms with van der Waals surface area (Å²) in [4.78, 5) is 13.4. The molecule has 1 atom stereocenters. The van der Waals surface area contributed by atoms with Crippen molar-refractivity contribution in [3.63, 3.8) is 0 Å². The third-order valence-electron chi connectivity index (χ3n) is 4.09. The maximum absolute atomic E-state index is 13.1. The number of rotatable bonds is 7. The highest BCUT2D eigenvalue weighted by Crippen LogP contribution is 2.31. The normalized spacial score (nSPS) is 12.3. The van der Waals surface area contributed by atoms with Crippen molar-refractivity contribution in [2.75, 3.05) is 13.7 Å². The van der Waals surface area contributed by atoms with Gasteiger partial charge in [-0.15, -0.1) is 11.3 Å². The summed E-state index contributed by atoms with van der Waals surface area (Å²) >= 11 is 1.36. The summed E-state index contributed by atoms with van der Waals surface area (Å²) in [5, 5.41) is 3.72. The molecule has 140 valence electrons. The molecule has 0 fully saturated rings. The van der Waals surface area contributed by atoms with E-state index in [0.29, 0.717) is 16.2 Å². The minimum atomic E-state index is -3.64. The van der Waals surface area contributed by atoms with Gasteiger partial charge >= 0.3 is 0 Å². The molecule has 0 aliphatic heterocycles. The Morgan fingerprint density at radius 2 is 1.85 bits per heavy atom. The van der Waals surface area contributed by atoms with Crippen molar-refractivity contribution in [1.29, 1.82) is 0 Å². The van der Waals surface area contributed by atoms with Crippen LogP contribution in [0.2, 0.25) is 0 Å². The van der Waals surface area contributed by atoms with Gasteiger partial charge in [0.15, 0.2) is 9.84 Å². The summed E-state index contributed by atoms with van der Waals surface area (Å²) in [5.74, 6) is 0.216. The van der Waals surface area contributed by atoms with Crippen LogP contribution in [0, 0.1) is 0 Å². The van der Waals surface area contributed by atoms with E-state index in [9.17, 15) is 13.2 Å². The van der Waals surface area contributed by atoms with Crippen molar-refractivity contribution in [1.82, 2.24) is 5.32 Å². The molecule has 0 bridgehead atoms. The average Bonchev–Trinajstić information content (AvgIpc) is 3.23. The molecule has 1 heterocycles. The van der Waals surface area contributed by atoms with Crippen LogP contribution in [0.15, 0.2) is 77.0 Å². The summed E-state index contributed by atoms with van der Waals surface area (Å²) in [6, 6.07) is 18.6. The van der Waals surface area contributed by atoms with Crippen LogP contribution in [0.1, 0.15) is 20.5 Å². The first kappa shape index (κ1) is 19.1. The second-order valence-electron chi connectivity index (χ2n) is 5.80. The number of carbonyl (C=O) groups excluding carboxylic acids is 1. The lowest BCUT2D eigenvalue weighted by atomic mass is 10.2. The number of hydrogen-bond donors (Lipinski definition) is 1. The molecule has 0 saturated heterocycles. The first-order valence-electron chi connectivity index (χ1n) is 8.27. The van der Waals surface area contributed by atoms with Gasteiger partial charge in [-0.3, -0.25) is 4.79 Å². The minimum Gasteiger partial charge on any atom is -0.497 e. The number of nitrogens with one attached hydrogen (secondary N) is 1. The Hall–Kier alpha value is -2.64. The van der Waals surface area contributed by atoms with E-state index in [0.717, 1.165) is 0 Å². The quantitative estimate of drug-likeness (QED) is 0.655.